The van der Waals surface area contributed by atoms with Crippen molar-refractivity contribution in [3.05, 3.63) is 77.7 Å². The number of aromatic hydroxyl groups is 3. The minimum absolute atomic E-state index is 0.00813. The van der Waals surface area contributed by atoms with Gasteiger partial charge in [0.2, 0.25) is 11.7 Å². The van der Waals surface area contributed by atoms with Crippen LogP contribution in [0.15, 0.2) is 65.3 Å². The van der Waals surface area contributed by atoms with Crippen molar-refractivity contribution >= 4 is 27.3 Å². The van der Waals surface area contributed by atoms with Gasteiger partial charge in [-0.05, 0) is 48.9 Å². The highest BCUT2D eigenvalue weighted by Crippen LogP contribution is 2.45. The second-order valence-corrected chi connectivity index (χ2v) is 8.06. The van der Waals surface area contributed by atoms with Gasteiger partial charge in [0.05, 0.1) is 27.7 Å². The molecule has 0 unspecified atom stereocenters. The van der Waals surface area contributed by atoms with Gasteiger partial charge in [-0.15, -0.1) is 0 Å². The second-order valence-electron chi connectivity index (χ2n) is 7.06. The summed E-state index contributed by atoms with van der Waals surface area (Å²) in [6, 6.07) is 15.0. The number of nitrogens with zero attached hydrogens (tertiary/aromatic N) is 2. The van der Waals surface area contributed by atoms with Crippen molar-refractivity contribution in [2.24, 2.45) is 0 Å². The molecule has 7 nitrogen and oxygen atoms in total. The number of ketones is 1. The van der Waals surface area contributed by atoms with E-state index in [1.54, 1.807) is 18.2 Å². The molecule has 31 heavy (non-hydrogen) atoms. The highest BCUT2D eigenvalue weighted by Gasteiger charge is 2.32. The molecule has 3 N–H and O–H groups in total. The minimum atomic E-state index is -0.605. The highest BCUT2D eigenvalue weighted by molar-refractivity contribution is 7.20. The number of aryl methyl sites for hydroxylation is 1. The Labute approximate surface area is 180 Å². The van der Waals surface area contributed by atoms with Crippen LogP contribution in [0.1, 0.15) is 21.7 Å². The van der Waals surface area contributed by atoms with Crippen LogP contribution in [0.25, 0.3) is 26.6 Å². The van der Waals surface area contributed by atoms with Gasteiger partial charge in [0.25, 0.3) is 0 Å². The number of phenolic OH excluding ortho intramolecular Hbond substituents is 1. The van der Waals surface area contributed by atoms with Crippen LogP contribution in [-0.4, -0.2) is 30.7 Å². The smallest absolute Gasteiger partial charge is 0.242 e. The molecule has 0 saturated carbocycles. The molecule has 0 spiro atoms. The summed E-state index contributed by atoms with van der Waals surface area (Å²) < 4.78 is 7.43. The van der Waals surface area contributed by atoms with Crippen LogP contribution < -0.4 is 0 Å². The predicted molar refractivity (Wildman–Crippen MR) is 116 cm³/mol. The zero-order valence-electron chi connectivity index (χ0n) is 16.2. The summed E-state index contributed by atoms with van der Waals surface area (Å²) in [5, 5.41) is 32.0. The van der Waals surface area contributed by atoms with Gasteiger partial charge in [0, 0.05) is 5.56 Å². The van der Waals surface area contributed by atoms with Crippen molar-refractivity contribution in [1.82, 2.24) is 9.55 Å². The number of rotatable bonds is 4. The fourth-order valence-electron chi connectivity index (χ4n) is 3.52. The van der Waals surface area contributed by atoms with Gasteiger partial charge >= 0.3 is 0 Å². The van der Waals surface area contributed by atoms with E-state index in [0.29, 0.717) is 10.7 Å². The van der Waals surface area contributed by atoms with Crippen molar-refractivity contribution in [1.29, 1.82) is 0 Å². The quantitative estimate of drug-likeness (QED) is 0.345. The van der Waals surface area contributed by atoms with Gasteiger partial charge in [-0.2, -0.15) is 0 Å². The SMILES string of the molecule is Cc1ccc2nc(-n3c(O)c(O)c(C(=O)c4ccco4)c3-c3cccc(O)c3)sc2c1. The molecule has 8 heteroatoms. The first-order chi connectivity index (χ1) is 14.9. The topological polar surface area (TPSA) is 109 Å². The summed E-state index contributed by atoms with van der Waals surface area (Å²) in [5.41, 5.74) is 2.25. The third-order valence-electron chi connectivity index (χ3n) is 4.94. The lowest BCUT2D eigenvalue weighted by atomic mass is 10.0. The number of furan rings is 1. The first-order valence-corrected chi connectivity index (χ1v) is 10.2. The van der Waals surface area contributed by atoms with E-state index in [-0.39, 0.29) is 22.8 Å². The zero-order valence-corrected chi connectivity index (χ0v) is 17.1. The van der Waals surface area contributed by atoms with Crippen LogP contribution in [0.5, 0.6) is 17.4 Å². The summed E-state index contributed by atoms with van der Waals surface area (Å²) in [6.45, 7) is 1.97. The molecule has 0 saturated heterocycles. The Morgan fingerprint density at radius 2 is 1.90 bits per heavy atom. The Morgan fingerprint density at radius 1 is 1.06 bits per heavy atom. The molecule has 154 valence electrons. The molecule has 0 aliphatic rings. The molecule has 5 rings (SSSR count). The molecule has 0 aliphatic carbocycles. The molecule has 0 aliphatic heterocycles. The molecular weight excluding hydrogens is 416 g/mol. The lowest BCUT2D eigenvalue weighted by Gasteiger charge is -2.09. The first-order valence-electron chi connectivity index (χ1n) is 9.36. The maximum Gasteiger partial charge on any atom is 0.242 e. The molecule has 0 atom stereocenters. The van der Waals surface area contributed by atoms with Gasteiger partial charge in [0.1, 0.15) is 5.75 Å². The Hall–Kier alpha value is -4.04. The van der Waals surface area contributed by atoms with E-state index in [9.17, 15) is 20.1 Å². The van der Waals surface area contributed by atoms with Crippen LogP contribution in [0.3, 0.4) is 0 Å². The van der Waals surface area contributed by atoms with Crippen LogP contribution >= 0.6 is 11.3 Å². The van der Waals surface area contributed by atoms with Gasteiger partial charge in [0.15, 0.2) is 16.6 Å². The largest absolute Gasteiger partial charge is 0.508 e. The summed E-state index contributed by atoms with van der Waals surface area (Å²) in [7, 11) is 0. The van der Waals surface area contributed by atoms with E-state index in [1.807, 2.05) is 25.1 Å². The third kappa shape index (κ3) is 3.04. The normalized spacial score (nSPS) is 11.3. The second kappa shape index (κ2) is 7.03. The van der Waals surface area contributed by atoms with E-state index in [2.05, 4.69) is 4.98 Å². The van der Waals surface area contributed by atoms with Crippen LogP contribution in [0.4, 0.5) is 0 Å². The predicted octanol–water partition coefficient (Wildman–Crippen LogP) is 5.00. The number of carbonyl (C=O) groups excluding carboxylic acids is 1. The van der Waals surface area contributed by atoms with Gasteiger partial charge in [-0.25, -0.2) is 4.98 Å². The fourth-order valence-corrected chi connectivity index (χ4v) is 4.59. The first kappa shape index (κ1) is 19.0. The minimum Gasteiger partial charge on any atom is -0.508 e. The van der Waals surface area contributed by atoms with E-state index in [4.69, 9.17) is 4.42 Å². The Kier molecular flexibility index (Phi) is 4.30. The number of hydrogen-bond acceptors (Lipinski definition) is 7. The maximum absolute atomic E-state index is 13.2. The molecule has 0 radical (unpaired) electrons. The van der Waals surface area contributed by atoms with Gasteiger partial charge in [-0.1, -0.05) is 29.5 Å². The lowest BCUT2D eigenvalue weighted by Crippen LogP contribution is -2.04. The summed E-state index contributed by atoms with van der Waals surface area (Å²) in [5.74, 6) is -1.74. The number of hydrogen-bond donors (Lipinski definition) is 3. The lowest BCUT2D eigenvalue weighted by molar-refractivity contribution is 0.101. The average Bonchev–Trinajstić information content (AvgIpc) is 3.46. The van der Waals surface area contributed by atoms with Crippen molar-refractivity contribution in [2.45, 2.75) is 6.92 Å². The van der Waals surface area contributed by atoms with Crippen LogP contribution in [0.2, 0.25) is 0 Å². The highest BCUT2D eigenvalue weighted by atomic mass is 32.1. The van der Waals surface area contributed by atoms with E-state index in [0.717, 1.165) is 15.8 Å². The Bertz CT molecular complexity index is 1450. The van der Waals surface area contributed by atoms with E-state index >= 15 is 0 Å². The Balaban J connectivity index is 1.83. The molecule has 0 amide bonds. The van der Waals surface area contributed by atoms with Crippen LogP contribution in [-0.2, 0) is 0 Å². The standard InChI is InChI=1S/C23H16N2O5S/c1-12-7-8-15-17(10-12)31-23(24-15)25-19(13-4-2-5-14(26)11-13)18(21(28)22(25)29)20(27)16-6-3-9-30-16/h2-11,26,28-29H,1H3. The molecular formula is C23H16N2O5S. The molecule has 5 aromatic rings. The average molecular weight is 432 g/mol. The monoisotopic (exact) mass is 432 g/mol. The number of aromatic nitrogens is 2. The number of carbonyl (C=O) groups is 1. The number of thiazole rings is 1. The molecule has 2 aromatic carbocycles. The summed E-state index contributed by atoms with van der Waals surface area (Å²) >= 11 is 1.31. The molecule has 0 bridgehead atoms. The van der Waals surface area contributed by atoms with Crippen molar-refractivity contribution in [2.75, 3.05) is 0 Å². The van der Waals surface area contributed by atoms with Gasteiger partial charge < -0.3 is 19.7 Å². The number of phenols is 1. The summed E-state index contributed by atoms with van der Waals surface area (Å²) in [4.78, 5) is 17.7. The van der Waals surface area contributed by atoms with Crippen molar-refractivity contribution in [3.63, 3.8) is 0 Å². The number of fused-ring (bicyclic) bond motifs is 1. The fraction of sp³-hybridized carbons (Fsp3) is 0.0435. The number of benzene rings is 2. The molecule has 3 aromatic heterocycles. The third-order valence-corrected chi connectivity index (χ3v) is 5.94. The molecule has 3 heterocycles. The van der Waals surface area contributed by atoms with E-state index < -0.39 is 17.4 Å². The van der Waals surface area contributed by atoms with Crippen molar-refractivity contribution in [3.8, 4) is 33.8 Å². The Morgan fingerprint density at radius 3 is 2.65 bits per heavy atom. The van der Waals surface area contributed by atoms with E-state index in [1.165, 1.54) is 40.4 Å². The summed E-state index contributed by atoms with van der Waals surface area (Å²) in [6.07, 6.45) is 1.35. The zero-order chi connectivity index (χ0) is 21.7. The van der Waals surface area contributed by atoms with Crippen molar-refractivity contribution < 1.29 is 24.5 Å². The van der Waals surface area contributed by atoms with Gasteiger partial charge in [-0.3, -0.25) is 9.36 Å². The molecule has 0 fully saturated rings. The maximum atomic E-state index is 13.2. The van der Waals surface area contributed by atoms with Crippen LogP contribution in [0, 0.1) is 6.92 Å².